The third-order valence-electron chi connectivity index (χ3n) is 3.62. The van der Waals surface area contributed by atoms with Gasteiger partial charge in [-0.15, -0.1) is 0 Å². The van der Waals surface area contributed by atoms with Crippen molar-refractivity contribution in [2.24, 2.45) is 0 Å². The Balaban J connectivity index is 2.21. The zero-order chi connectivity index (χ0) is 19.8. The molecule has 0 spiro atoms. The monoisotopic (exact) mass is 383 g/mol. The predicted molar refractivity (Wildman–Crippen MR) is 82.1 cm³/mol. The van der Waals surface area contributed by atoms with E-state index in [1.807, 2.05) is 0 Å². The number of Topliss-reactive ketones (excluding diaryl/α,β-unsaturated/α-hetero) is 1. The standard InChI is InChI=1S/C17H19F6NO2/c18-16(19,20)13-7-5-6-12(10-13)11-24-15(26)9-4-2-1-3-8-14(25)17(21,22)23/h5-7,10H,1-4,8-9,11H2,(H,24,26). The predicted octanol–water partition coefficient (Wildman–Crippen LogP) is 4.79. The first kappa shape index (κ1) is 22.0. The van der Waals surface area contributed by atoms with Gasteiger partial charge in [0.05, 0.1) is 5.56 Å². The first-order valence-electron chi connectivity index (χ1n) is 8.03. The lowest BCUT2D eigenvalue weighted by atomic mass is 10.1. The molecule has 1 N–H and O–H groups in total. The van der Waals surface area contributed by atoms with Crippen molar-refractivity contribution in [3.63, 3.8) is 0 Å². The molecule has 0 saturated carbocycles. The number of ketones is 1. The van der Waals surface area contributed by atoms with Crippen LogP contribution in [0.1, 0.15) is 49.7 Å². The first-order chi connectivity index (χ1) is 12.0. The Morgan fingerprint density at radius 1 is 0.885 bits per heavy atom. The lowest BCUT2D eigenvalue weighted by Gasteiger charge is -2.09. The third-order valence-corrected chi connectivity index (χ3v) is 3.62. The lowest BCUT2D eigenvalue weighted by molar-refractivity contribution is -0.171. The van der Waals surface area contributed by atoms with Gasteiger partial charge in [-0.2, -0.15) is 26.3 Å². The number of hydrogen-bond acceptors (Lipinski definition) is 2. The summed E-state index contributed by atoms with van der Waals surface area (Å²) in [5.74, 6) is -2.11. The van der Waals surface area contributed by atoms with E-state index in [9.17, 15) is 35.9 Å². The van der Waals surface area contributed by atoms with Crippen LogP contribution in [0, 0.1) is 0 Å². The number of nitrogens with one attached hydrogen (secondary N) is 1. The highest BCUT2D eigenvalue weighted by Gasteiger charge is 2.37. The van der Waals surface area contributed by atoms with Crippen molar-refractivity contribution in [3.8, 4) is 0 Å². The molecular weight excluding hydrogens is 364 g/mol. The summed E-state index contributed by atoms with van der Waals surface area (Å²) in [5, 5.41) is 2.50. The van der Waals surface area contributed by atoms with Gasteiger partial charge in [-0.25, -0.2) is 0 Å². The van der Waals surface area contributed by atoms with Crippen LogP contribution in [0.15, 0.2) is 24.3 Å². The molecule has 0 unspecified atom stereocenters. The molecule has 0 aliphatic rings. The number of carbonyl (C=O) groups is 2. The number of rotatable bonds is 9. The zero-order valence-electron chi connectivity index (χ0n) is 13.8. The maximum Gasteiger partial charge on any atom is 0.449 e. The Morgan fingerprint density at radius 2 is 1.50 bits per heavy atom. The molecule has 0 aliphatic heterocycles. The second-order valence-electron chi connectivity index (χ2n) is 5.81. The molecule has 0 bridgehead atoms. The highest BCUT2D eigenvalue weighted by atomic mass is 19.4. The van der Waals surface area contributed by atoms with Crippen LogP contribution in [0.3, 0.4) is 0 Å². The molecule has 0 aliphatic carbocycles. The molecule has 1 amide bonds. The summed E-state index contributed by atoms with van der Waals surface area (Å²) in [4.78, 5) is 22.3. The van der Waals surface area contributed by atoms with Crippen molar-refractivity contribution in [2.45, 2.75) is 57.4 Å². The smallest absolute Gasteiger partial charge is 0.352 e. The first-order valence-corrected chi connectivity index (χ1v) is 8.03. The molecule has 0 aromatic heterocycles. The number of hydrogen-bond donors (Lipinski definition) is 1. The summed E-state index contributed by atoms with van der Waals surface area (Å²) < 4.78 is 73.7. The van der Waals surface area contributed by atoms with Crippen LogP contribution in [0.5, 0.6) is 0 Å². The molecule has 0 heterocycles. The normalized spacial score (nSPS) is 12.1. The minimum atomic E-state index is -4.80. The number of unbranched alkanes of at least 4 members (excludes halogenated alkanes) is 3. The highest BCUT2D eigenvalue weighted by Crippen LogP contribution is 2.29. The van der Waals surface area contributed by atoms with E-state index < -0.39 is 30.1 Å². The number of benzene rings is 1. The van der Waals surface area contributed by atoms with Crippen LogP contribution in [0.25, 0.3) is 0 Å². The van der Waals surface area contributed by atoms with Crippen LogP contribution >= 0.6 is 0 Å². The van der Waals surface area contributed by atoms with Gasteiger partial charge in [-0.05, 0) is 30.5 Å². The topological polar surface area (TPSA) is 46.2 Å². The maximum absolute atomic E-state index is 12.6. The van der Waals surface area contributed by atoms with E-state index >= 15 is 0 Å². The van der Waals surface area contributed by atoms with E-state index in [-0.39, 0.29) is 25.3 Å². The van der Waals surface area contributed by atoms with Crippen molar-refractivity contribution in [2.75, 3.05) is 0 Å². The van der Waals surface area contributed by atoms with Crippen LogP contribution in [-0.4, -0.2) is 17.9 Å². The van der Waals surface area contributed by atoms with E-state index in [1.165, 1.54) is 12.1 Å². The molecule has 0 fully saturated rings. The zero-order valence-corrected chi connectivity index (χ0v) is 13.8. The van der Waals surface area contributed by atoms with E-state index in [0.717, 1.165) is 12.1 Å². The summed E-state index contributed by atoms with van der Waals surface area (Å²) in [6.45, 7) is -0.0389. The molecule has 1 aromatic rings. The molecule has 146 valence electrons. The number of carbonyl (C=O) groups excluding carboxylic acids is 2. The van der Waals surface area contributed by atoms with Crippen molar-refractivity contribution >= 4 is 11.7 Å². The summed E-state index contributed by atoms with van der Waals surface area (Å²) in [5.41, 5.74) is -0.475. The van der Waals surface area contributed by atoms with Gasteiger partial charge in [0.15, 0.2) is 0 Å². The summed E-state index contributed by atoms with van der Waals surface area (Å²) in [6.07, 6.45) is -8.29. The largest absolute Gasteiger partial charge is 0.449 e. The van der Waals surface area contributed by atoms with E-state index in [1.54, 1.807) is 0 Å². The maximum atomic E-state index is 12.6. The van der Waals surface area contributed by atoms with Crippen molar-refractivity contribution in [1.29, 1.82) is 0 Å². The lowest BCUT2D eigenvalue weighted by Crippen LogP contribution is -2.22. The van der Waals surface area contributed by atoms with Crippen LogP contribution in [0.4, 0.5) is 26.3 Å². The Bertz CT molecular complexity index is 610. The van der Waals surface area contributed by atoms with Crippen molar-refractivity contribution < 1.29 is 35.9 Å². The van der Waals surface area contributed by atoms with Crippen LogP contribution < -0.4 is 5.32 Å². The third kappa shape index (κ3) is 8.35. The average molecular weight is 383 g/mol. The summed E-state index contributed by atoms with van der Waals surface area (Å²) in [7, 11) is 0. The van der Waals surface area contributed by atoms with Gasteiger partial charge in [0, 0.05) is 19.4 Å². The Hall–Kier alpha value is -2.06. The van der Waals surface area contributed by atoms with Crippen molar-refractivity contribution in [3.05, 3.63) is 35.4 Å². The summed E-state index contributed by atoms with van der Waals surface area (Å²) in [6, 6.07) is 4.62. The number of halogens is 6. The average Bonchev–Trinajstić information content (AvgIpc) is 2.54. The molecule has 9 heteroatoms. The van der Waals surface area contributed by atoms with Gasteiger partial charge in [-0.3, -0.25) is 9.59 Å². The SMILES string of the molecule is O=C(CCCCCCC(=O)C(F)(F)F)NCc1cccc(C(F)(F)F)c1. The quantitative estimate of drug-likeness (QED) is 0.492. The van der Waals surface area contributed by atoms with E-state index in [0.29, 0.717) is 24.8 Å². The highest BCUT2D eigenvalue weighted by molar-refractivity contribution is 5.83. The molecule has 3 nitrogen and oxygen atoms in total. The Labute approximate surface area is 146 Å². The fourth-order valence-corrected chi connectivity index (χ4v) is 2.21. The molecule has 1 aromatic carbocycles. The van der Waals surface area contributed by atoms with Gasteiger partial charge < -0.3 is 5.32 Å². The van der Waals surface area contributed by atoms with E-state index in [4.69, 9.17) is 0 Å². The summed E-state index contributed by atoms with van der Waals surface area (Å²) >= 11 is 0. The van der Waals surface area contributed by atoms with Gasteiger partial charge in [-0.1, -0.05) is 25.0 Å². The fraction of sp³-hybridized carbons (Fsp3) is 0.529. The second kappa shape index (κ2) is 9.59. The van der Waals surface area contributed by atoms with Gasteiger partial charge in [0.2, 0.25) is 11.7 Å². The van der Waals surface area contributed by atoms with E-state index in [2.05, 4.69) is 5.32 Å². The molecule has 0 saturated heterocycles. The molecular formula is C17H19F6NO2. The number of alkyl halides is 6. The molecule has 1 rings (SSSR count). The second-order valence-corrected chi connectivity index (χ2v) is 5.81. The van der Waals surface area contributed by atoms with Crippen LogP contribution in [-0.2, 0) is 22.3 Å². The minimum Gasteiger partial charge on any atom is -0.352 e. The number of amides is 1. The molecule has 0 atom stereocenters. The van der Waals surface area contributed by atoms with Gasteiger partial charge >= 0.3 is 12.4 Å². The molecule has 26 heavy (non-hydrogen) atoms. The Morgan fingerprint density at radius 3 is 2.08 bits per heavy atom. The molecule has 0 radical (unpaired) electrons. The fourth-order valence-electron chi connectivity index (χ4n) is 2.21. The van der Waals surface area contributed by atoms with Gasteiger partial charge in [0.25, 0.3) is 0 Å². The van der Waals surface area contributed by atoms with Crippen LogP contribution in [0.2, 0.25) is 0 Å². The van der Waals surface area contributed by atoms with Crippen molar-refractivity contribution in [1.82, 2.24) is 5.32 Å². The Kier molecular flexibility index (Phi) is 8.10. The van der Waals surface area contributed by atoms with Gasteiger partial charge in [0.1, 0.15) is 0 Å². The minimum absolute atomic E-state index is 0.0389.